The maximum absolute atomic E-state index is 12.1. The minimum absolute atomic E-state index is 0.0874. The topological polar surface area (TPSA) is 66.6 Å². The first kappa shape index (κ1) is 12.4. The SMILES string of the molecule is CN(Cc1ccc(O)cc1)C(=O)c1sccc1N. The summed E-state index contributed by atoms with van der Waals surface area (Å²) in [5, 5.41) is 11.0. The molecular weight excluding hydrogens is 248 g/mol. The normalized spacial score (nSPS) is 10.3. The molecule has 0 atom stereocenters. The molecule has 0 unspecified atom stereocenters. The van der Waals surface area contributed by atoms with E-state index in [0.717, 1.165) is 5.56 Å². The molecule has 0 aliphatic carbocycles. The smallest absolute Gasteiger partial charge is 0.266 e. The molecule has 0 bridgehead atoms. The molecule has 94 valence electrons. The maximum atomic E-state index is 12.1. The number of thiophene rings is 1. The lowest BCUT2D eigenvalue weighted by Gasteiger charge is -2.16. The third-order valence-electron chi connectivity index (χ3n) is 2.59. The Balaban J connectivity index is 2.08. The number of anilines is 1. The lowest BCUT2D eigenvalue weighted by Crippen LogP contribution is -2.26. The minimum Gasteiger partial charge on any atom is -0.508 e. The van der Waals surface area contributed by atoms with Crippen LogP contribution >= 0.6 is 11.3 Å². The van der Waals surface area contributed by atoms with E-state index >= 15 is 0 Å². The number of benzene rings is 1. The highest BCUT2D eigenvalue weighted by atomic mass is 32.1. The van der Waals surface area contributed by atoms with Crippen LogP contribution in [-0.4, -0.2) is 23.0 Å². The van der Waals surface area contributed by atoms with Crippen molar-refractivity contribution in [1.82, 2.24) is 4.90 Å². The molecule has 2 aromatic rings. The molecule has 18 heavy (non-hydrogen) atoms. The van der Waals surface area contributed by atoms with Crippen LogP contribution in [0.2, 0.25) is 0 Å². The molecule has 0 aliphatic heterocycles. The van der Waals surface area contributed by atoms with Gasteiger partial charge in [0.2, 0.25) is 0 Å². The van der Waals surface area contributed by atoms with Gasteiger partial charge in [0, 0.05) is 13.6 Å². The summed E-state index contributed by atoms with van der Waals surface area (Å²) in [6.07, 6.45) is 0. The molecule has 0 aliphatic rings. The van der Waals surface area contributed by atoms with Gasteiger partial charge < -0.3 is 15.7 Å². The lowest BCUT2D eigenvalue weighted by atomic mass is 10.2. The van der Waals surface area contributed by atoms with Crippen molar-refractivity contribution >= 4 is 22.9 Å². The molecule has 1 aromatic carbocycles. The lowest BCUT2D eigenvalue weighted by molar-refractivity contribution is 0.0791. The zero-order valence-electron chi connectivity index (χ0n) is 9.96. The highest BCUT2D eigenvalue weighted by molar-refractivity contribution is 7.12. The Morgan fingerprint density at radius 1 is 1.33 bits per heavy atom. The molecule has 1 amide bonds. The van der Waals surface area contributed by atoms with Crippen LogP contribution < -0.4 is 5.73 Å². The summed E-state index contributed by atoms with van der Waals surface area (Å²) >= 11 is 1.34. The van der Waals surface area contributed by atoms with Gasteiger partial charge in [-0.25, -0.2) is 0 Å². The van der Waals surface area contributed by atoms with Gasteiger partial charge >= 0.3 is 0 Å². The molecule has 2 rings (SSSR count). The Morgan fingerprint density at radius 2 is 2.00 bits per heavy atom. The fourth-order valence-corrected chi connectivity index (χ4v) is 2.42. The second kappa shape index (κ2) is 5.10. The van der Waals surface area contributed by atoms with E-state index in [1.54, 1.807) is 47.7 Å². The number of hydrogen-bond acceptors (Lipinski definition) is 4. The van der Waals surface area contributed by atoms with Crippen LogP contribution in [0.3, 0.4) is 0 Å². The van der Waals surface area contributed by atoms with Gasteiger partial charge in [0.05, 0.1) is 5.69 Å². The molecule has 0 saturated heterocycles. The number of phenolic OH excluding ortho intramolecular Hbond substituents is 1. The summed E-state index contributed by atoms with van der Waals surface area (Å²) in [6.45, 7) is 0.483. The van der Waals surface area contributed by atoms with E-state index in [9.17, 15) is 9.90 Å². The number of carbonyl (C=O) groups is 1. The number of rotatable bonds is 3. The summed E-state index contributed by atoms with van der Waals surface area (Å²) in [6, 6.07) is 8.51. The van der Waals surface area contributed by atoms with Gasteiger partial charge in [-0.15, -0.1) is 11.3 Å². The predicted octanol–water partition coefficient (Wildman–Crippen LogP) is 2.31. The Morgan fingerprint density at radius 3 is 2.56 bits per heavy atom. The van der Waals surface area contributed by atoms with Crippen molar-refractivity contribution in [2.45, 2.75) is 6.54 Å². The average Bonchev–Trinajstić information content (AvgIpc) is 2.77. The third-order valence-corrected chi connectivity index (χ3v) is 3.51. The molecule has 0 saturated carbocycles. The van der Waals surface area contributed by atoms with E-state index in [1.165, 1.54) is 11.3 Å². The highest BCUT2D eigenvalue weighted by Gasteiger charge is 2.16. The number of nitrogens with two attached hydrogens (primary N) is 1. The van der Waals surface area contributed by atoms with Crippen molar-refractivity contribution in [2.24, 2.45) is 0 Å². The van der Waals surface area contributed by atoms with Crippen LogP contribution in [0.15, 0.2) is 35.7 Å². The Kier molecular flexibility index (Phi) is 3.53. The van der Waals surface area contributed by atoms with E-state index in [1.807, 2.05) is 0 Å². The summed E-state index contributed by atoms with van der Waals surface area (Å²) in [4.78, 5) is 14.3. The first-order chi connectivity index (χ1) is 8.58. The van der Waals surface area contributed by atoms with Gasteiger partial charge in [-0.2, -0.15) is 0 Å². The van der Waals surface area contributed by atoms with Gasteiger partial charge in [-0.05, 0) is 29.1 Å². The van der Waals surface area contributed by atoms with Gasteiger partial charge in [0.25, 0.3) is 5.91 Å². The Hall–Kier alpha value is -2.01. The zero-order valence-corrected chi connectivity index (χ0v) is 10.8. The minimum atomic E-state index is -0.0874. The van der Waals surface area contributed by atoms with E-state index in [4.69, 9.17) is 5.73 Å². The van der Waals surface area contributed by atoms with Gasteiger partial charge in [-0.3, -0.25) is 4.79 Å². The number of nitrogen functional groups attached to an aromatic ring is 1. The maximum Gasteiger partial charge on any atom is 0.266 e. The van der Waals surface area contributed by atoms with Crippen LogP contribution in [-0.2, 0) is 6.54 Å². The van der Waals surface area contributed by atoms with Crippen LogP contribution in [0.4, 0.5) is 5.69 Å². The number of carbonyl (C=O) groups excluding carboxylic acids is 1. The van der Waals surface area contributed by atoms with Crippen LogP contribution in [0, 0.1) is 0 Å². The van der Waals surface area contributed by atoms with Gasteiger partial charge in [0.15, 0.2) is 0 Å². The highest BCUT2D eigenvalue weighted by Crippen LogP contribution is 2.21. The monoisotopic (exact) mass is 262 g/mol. The van der Waals surface area contributed by atoms with Crippen molar-refractivity contribution in [2.75, 3.05) is 12.8 Å². The second-order valence-corrected chi connectivity index (χ2v) is 4.95. The number of aromatic hydroxyl groups is 1. The summed E-state index contributed by atoms with van der Waals surface area (Å²) < 4.78 is 0. The van der Waals surface area contributed by atoms with Gasteiger partial charge in [-0.1, -0.05) is 12.1 Å². The Labute approximate surface area is 109 Å². The molecular formula is C13H14N2O2S. The number of hydrogen-bond donors (Lipinski definition) is 2. The van der Waals surface area contributed by atoms with Crippen LogP contribution in [0.5, 0.6) is 5.75 Å². The van der Waals surface area contributed by atoms with Crippen molar-refractivity contribution in [3.63, 3.8) is 0 Å². The number of phenols is 1. The first-order valence-electron chi connectivity index (χ1n) is 5.44. The van der Waals surface area contributed by atoms with E-state index in [0.29, 0.717) is 17.1 Å². The Bertz CT molecular complexity index is 548. The van der Waals surface area contributed by atoms with E-state index < -0.39 is 0 Å². The summed E-state index contributed by atoms with van der Waals surface area (Å²) in [5.74, 6) is 0.130. The number of nitrogens with zero attached hydrogens (tertiary/aromatic N) is 1. The molecule has 5 heteroatoms. The van der Waals surface area contributed by atoms with Gasteiger partial charge in [0.1, 0.15) is 10.6 Å². The van der Waals surface area contributed by atoms with Crippen molar-refractivity contribution in [3.05, 3.63) is 46.2 Å². The molecule has 0 spiro atoms. The fourth-order valence-electron chi connectivity index (χ4n) is 1.61. The van der Waals surface area contributed by atoms with E-state index in [-0.39, 0.29) is 11.7 Å². The quantitative estimate of drug-likeness (QED) is 0.892. The van der Waals surface area contributed by atoms with E-state index in [2.05, 4.69) is 0 Å². The van der Waals surface area contributed by atoms with Crippen LogP contribution in [0.1, 0.15) is 15.2 Å². The summed E-state index contributed by atoms with van der Waals surface area (Å²) in [7, 11) is 1.73. The fraction of sp³-hybridized carbons (Fsp3) is 0.154. The first-order valence-corrected chi connectivity index (χ1v) is 6.32. The molecule has 4 nitrogen and oxygen atoms in total. The number of amides is 1. The predicted molar refractivity (Wildman–Crippen MR) is 72.6 cm³/mol. The standard InChI is InChI=1S/C13H14N2O2S/c1-15(8-9-2-4-10(16)5-3-9)13(17)12-11(14)6-7-18-12/h2-7,16H,8,14H2,1H3. The second-order valence-electron chi connectivity index (χ2n) is 4.03. The molecule has 0 fully saturated rings. The molecule has 1 aromatic heterocycles. The van der Waals surface area contributed by atoms with Crippen molar-refractivity contribution in [1.29, 1.82) is 0 Å². The third kappa shape index (κ3) is 2.62. The molecule has 3 N–H and O–H groups in total. The average molecular weight is 262 g/mol. The summed E-state index contributed by atoms with van der Waals surface area (Å²) in [5.41, 5.74) is 7.20. The molecule has 1 heterocycles. The van der Waals surface area contributed by atoms with Crippen molar-refractivity contribution < 1.29 is 9.90 Å². The van der Waals surface area contributed by atoms with Crippen molar-refractivity contribution in [3.8, 4) is 5.75 Å². The zero-order chi connectivity index (χ0) is 13.1. The largest absolute Gasteiger partial charge is 0.508 e. The molecule has 0 radical (unpaired) electrons. The van der Waals surface area contributed by atoms with Crippen LogP contribution in [0.25, 0.3) is 0 Å².